The fourth-order valence-corrected chi connectivity index (χ4v) is 2.68. The van der Waals surface area contributed by atoms with Crippen molar-refractivity contribution >= 4 is 11.7 Å². The van der Waals surface area contributed by atoms with Crippen LogP contribution < -0.4 is 5.32 Å². The molecule has 1 amide bonds. The van der Waals surface area contributed by atoms with Crippen LogP contribution in [-0.2, 0) is 6.54 Å². The number of aryl methyl sites for hydroxylation is 1. The van der Waals surface area contributed by atoms with Crippen LogP contribution in [-0.4, -0.2) is 30.5 Å². The van der Waals surface area contributed by atoms with Gasteiger partial charge in [-0.15, -0.1) is 0 Å². The third kappa shape index (κ3) is 3.92. The summed E-state index contributed by atoms with van der Waals surface area (Å²) < 4.78 is 3.51. The van der Waals surface area contributed by atoms with E-state index in [1.807, 2.05) is 49.6 Å². The molecule has 1 aromatic carbocycles. The average molecular weight is 358 g/mol. The maximum atomic E-state index is 12.4. The maximum Gasteiger partial charge on any atom is 0.256 e. The molecule has 7 heteroatoms. The third-order valence-electron chi connectivity index (χ3n) is 4.04. The van der Waals surface area contributed by atoms with Crippen LogP contribution in [0.3, 0.4) is 0 Å². The highest BCUT2D eigenvalue weighted by Crippen LogP contribution is 2.12. The number of carbonyl (C=O) groups is 1. The number of aromatic nitrogens is 5. The van der Waals surface area contributed by atoms with Crippen molar-refractivity contribution in [1.82, 2.24) is 24.5 Å². The highest BCUT2D eigenvalue weighted by atomic mass is 16.1. The molecule has 0 spiro atoms. The van der Waals surface area contributed by atoms with E-state index in [-0.39, 0.29) is 5.91 Å². The van der Waals surface area contributed by atoms with Crippen molar-refractivity contribution in [2.45, 2.75) is 13.5 Å². The second kappa shape index (κ2) is 7.25. The molecule has 0 aliphatic heterocycles. The van der Waals surface area contributed by atoms with E-state index in [1.165, 1.54) is 0 Å². The van der Waals surface area contributed by atoms with Crippen LogP contribution in [0.2, 0.25) is 0 Å². The van der Waals surface area contributed by atoms with E-state index in [4.69, 9.17) is 0 Å². The topological polar surface area (TPSA) is 77.6 Å². The molecule has 0 saturated heterocycles. The largest absolute Gasteiger partial charge is 0.305 e. The molecule has 0 fully saturated rings. The van der Waals surface area contributed by atoms with Gasteiger partial charge < -0.3 is 5.32 Å². The summed E-state index contributed by atoms with van der Waals surface area (Å²) in [6.07, 6.45) is 7.29. The summed E-state index contributed by atoms with van der Waals surface area (Å²) in [6.45, 7) is 2.53. The zero-order valence-electron chi connectivity index (χ0n) is 14.8. The Hall–Kier alpha value is -3.74. The van der Waals surface area contributed by atoms with Crippen LogP contribution in [0.5, 0.6) is 0 Å². The van der Waals surface area contributed by atoms with Crippen molar-refractivity contribution in [3.63, 3.8) is 0 Å². The zero-order valence-corrected chi connectivity index (χ0v) is 14.8. The molecule has 1 N–H and O–H groups in total. The highest BCUT2D eigenvalue weighted by Gasteiger charge is 2.09. The number of amides is 1. The number of anilines is 1. The molecule has 0 aliphatic carbocycles. The van der Waals surface area contributed by atoms with Crippen molar-refractivity contribution < 1.29 is 4.79 Å². The van der Waals surface area contributed by atoms with Gasteiger partial charge in [0.15, 0.2) is 5.82 Å². The zero-order chi connectivity index (χ0) is 18.6. The van der Waals surface area contributed by atoms with Crippen LogP contribution in [0.15, 0.2) is 73.3 Å². The molecule has 4 rings (SSSR count). The molecule has 0 atom stereocenters. The Kier molecular flexibility index (Phi) is 4.49. The number of hydrogen-bond donors (Lipinski definition) is 1. The molecular weight excluding hydrogens is 340 g/mol. The number of rotatable bonds is 5. The summed E-state index contributed by atoms with van der Waals surface area (Å²) in [5.74, 6) is 0.295. The normalized spacial score (nSPS) is 10.7. The molecule has 0 radical (unpaired) electrons. The fraction of sp³-hybridized carbons (Fsp3) is 0.100. The van der Waals surface area contributed by atoms with Gasteiger partial charge in [-0.2, -0.15) is 10.2 Å². The lowest BCUT2D eigenvalue weighted by molar-refractivity contribution is 0.102. The highest BCUT2D eigenvalue weighted by molar-refractivity contribution is 6.03. The predicted octanol–water partition coefficient (Wildman–Crippen LogP) is 3.07. The molecule has 0 saturated carbocycles. The first-order valence-corrected chi connectivity index (χ1v) is 8.54. The first-order chi connectivity index (χ1) is 13.2. The lowest BCUT2D eigenvalue weighted by atomic mass is 10.2. The van der Waals surface area contributed by atoms with Gasteiger partial charge in [-0.3, -0.25) is 14.5 Å². The first-order valence-electron chi connectivity index (χ1n) is 8.54. The van der Waals surface area contributed by atoms with E-state index in [2.05, 4.69) is 20.5 Å². The summed E-state index contributed by atoms with van der Waals surface area (Å²) in [6, 6.07) is 14.8. The van der Waals surface area contributed by atoms with Crippen molar-refractivity contribution in [3.05, 3.63) is 90.1 Å². The number of nitrogens with zero attached hydrogens (tertiary/aromatic N) is 5. The quantitative estimate of drug-likeness (QED) is 0.595. The maximum absolute atomic E-state index is 12.4. The van der Waals surface area contributed by atoms with Gasteiger partial charge in [-0.05, 0) is 48.9 Å². The molecule has 0 aliphatic rings. The van der Waals surface area contributed by atoms with Crippen LogP contribution >= 0.6 is 0 Å². The SMILES string of the molecule is Cc1cnn(-c2ccc(C(=O)Nc3ccn(Cc4ccccn4)n3)cc2)c1. The lowest BCUT2D eigenvalue weighted by Crippen LogP contribution is -2.13. The second-order valence-corrected chi connectivity index (χ2v) is 6.18. The van der Waals surface area contributed by atoms with E-state index in [0.717, 1.165) is 16.9 Å². The Labute approximate surface area is 156 Å². The van der Waals surface area contributed by atoms with Crippen LogP contribution in [0.1, 0.15) is 21.6 Å². The van der Waals surface area contributed by atoms with E-state index in [0.29, 0.717) is 17.9 Å². The smallest absolute Gasteiger partial charge is 0.256 e. The fourth-order valence-electron chi connectivity index (χ4n) is 2.68. The molecule has 0 unspecified atom stereocenters. The standard InChI is InChI=1S/C20H18N6O/c1-15-12-22-26(13-15)18-7-5-16(6-8-18)20(27)23-19-9-11-25(24-19)14-17-4-2-3-10-21-17/h2-13H,14H2,1H3,(H,23,24,27). The number of hydrogen-bond acceptors (Lipinski definition) is 4. The number of benzene rings is 1. The molecule has 0 bridgehead atoms. The van der Waals surface area contributed by atoms with Crippen molar-refractivity contribution in [2.24, 2.45) is 0 Å². The minimum atomic E-state index is -0.207. The van der Waals surface area contributed by atoms with Crippen molar-refractivity contribution in [1.29, 1.82) is 0 Å². The summed E-state index contributed by atoms with van der Waals surface area (Å²) in [4.78, 5) is 16.7. The Morgan fingerprint density at radius 3 is 2.67 bits per heavy atom. The minimum absolute atomic E-state index is 0.207. The second-order valence-electron chi connectivity index (χ2n) is 6.18. The van der Waals surface area contributed by atoms with Gasteiger partial charge in [0.1, 0.15) is 0 Å². The van der Waals surface area contributed by atoms with Gasteiger partial charge in [0, 0.05) is 30.2 Å². The monoisotopic (exact) mass is 358 g/mol. The van der Waals surface area contributed by atoms with Crippen LogP contribution in [0.4, 0.5) is 5.82 Å². The van der Waals surface area contributed by atoms with Crippen LogP contribution in [0, 0.1) is 6.92 Å². The molecular formula is C20H18N6O. The molecule has 3 heterocycles. The summed E-state index contributed by atoms with van der Waals surface area (Å²) in [5.41, 5.74) is 3.45. The predicted molar refractivity (Wildman–Crippen MR) is 102 cm³/mol. The van der Waals surface area contributed by atoms with Gasteiger partial charge in [0.05, 0.1) is 24.1 Å². The van der Waals surface area contributed by atoms with Gasteiger partial charge in [-0.1, -0.05) is 6.07 Å². The number of nitrogens with one attached hydrogen (secondary N) is 1. The molecule has 134 valence electrons. The Morgan fingerprint density at radius 1 is 1.11 bits per heavy atom. The summed E-state index contributed by atoms with van der Waals surface area (Å²) in [5, 5.41) is 11.4. The number of pyridine rings is 1. The van der Waals surface area contributed by atoms with E-state index < -0.39 is 0 Å². The molecule has 4 aromatic rings. The Morgan fingerprint density at radius 2 is 1.96 bits per heavy atom. The van der Waals surface area contributed by atoms with Gasteiger partial charge in [0.2, 0.25) is 0 Å². The van der Waals surface area contributed by atoms with Gasteiger partial charge in [0.25, 0.3) is 5.91 Å². The van der Waals surface area contributed by atoms with Crippen molar-refractivity contribution in [3.8, 4) is 5.69 Å². The Bertz CT molecular complexity index is 1050. The van der Waals surface area contributed by atoms with Gasteiger partial charge in [-0.25, -0.2) is 4.68 Å². The lowest BCUT2D eigenvalue weighted by Gasteiger charge is -2.05. The van der Waals surface area contributed by atoms with E-state index in [9.17, 15) is 4.79 Å². The third-order valence-corrected chi connectivity index (χ3v) is 4.04. The molecule has 7 nitrogen and oxygen atoms in total. The van der Waals surface area contributed by atoms with E-state index in [1.54, 1.807) is 40.0 Å². The average Bonchev–Trinajstić information content (AvgIpc) is 3.31. The first kappa shape index (κ1) is 16.7. The summed E-state index contributed by atoms with van der Waals surface area (Å²) in [7, 11) is 0. The van der Waals surface area contributed by atoms with Gasteiger partial charge >= 0.3 is 0 Å². The number of carbonyl (C=O) groups excluding carboxylic acids is 1. The van der Waals surface area contributed by atoms with E-state index >= 15 is 0 Å². The minimum Gasteiger partial charge on any atom is -0.305 e. The Balaban J connectivity index is 1.42. The molecule has 27 heavy (non-hydrogen) atoms. The summed E-state index contributed by atoms with van der Waals surface area (Å²) >= 11 is 0. The van der Waals surface area contributed by atoms with Crippen LogP contribution in [0.25, 0.3) is 5.69 Å². The molecule has 3 aromatic heterocycles. The van der Waals surface area contributed by atoms with Crippen molar-refractivity contribution in [2.75, 3.05) is 5.32 Å².